The highest BCUT2D eigenvalue weighted by atomic mass is 19.1. The summed E-state index contributed by atoms with van der Waals surface area (Å²) in [7, 11) is 0. The summed E-state index contributed by atoms with van der Waals surface area (Å²) in [6, 6.07) is 8.50. The summed E-state index contributed by atoms with van der Waals surface area (Å²) in [5.41, 5.74) is 2.23. The molecule has 1 amide bonds. The third-order valence-corrected chi connectivity index (χ3v) is 6.58. The lowest BCUT2D eigenvalue weighted by atomic mass is 10.1. The second-order valence-corrected chi connectivity index (χ2v) is 8.75. The zero-order valence-electron chi connectivity index (χ0n) is 18.9. The number of ketones is 1. The standard InChI is InChI=1S/C25H33FN4O2/c1-2-3-12-29-14-9-22-23(31)10-15-30(25(32)24(22)29)13-4-11-27-16-18-28(19-17-27)21-7-5-20(26)6-8-21/h5-9,14H,2-4,10-13,15-19H2,1H3. The van der Waals surface area contributed by atoms with Gasteiger partial charge in [0.1, 0.15) is 11.5 Å². The Hall–Kier alpha value is -2.67. The lowest BCUT2D eigenvalue weighted by Crippen LogP contribution is -2.47. The first kappa shape index (κ1) is 22.5. The first-order valence-electron chi connectivity index (χ1n) is 11.8. The highest BCUT2D eigenvalue weighted by molar-refractivity contribution is 6.09. The maximum atomic E-state index is 13.2. The van der Waals surface area contributed by atoms with Crippen LogP contribution < -0.4 is 4.90 Å². The van der Waals surface area contributed by atoms with Crippen LogP contribution in [0.3, 0.4) is 0 Å². The fourth-order valence-corrected chi connectivity index (χ4v) is 4.65. The Kier molecular flexibility index (Phi) is 7.25. The average molecular weight is 441 g/mol. The second kappa shape index (κ2) is 10.3. The number of Topliss-reactive ketones (excluding diaryl/α,β-unsaturated/α-hetero) is 1. The number of carbonyl (C=O) groups excluding carboxylic acids is 2. The highest BCUT2D eigenvalue weighted by Crippen LogP contribution is 2.22. The number of anilines is 1. The van der Waals surface area contributed by atoms with Gasteiger partial charge in [0, 0.05) is 69.7 Å². The van der Waals surface area contributed by atoms with Crippen molar-refractivity contribution in [1.82, 2.24) is 14.4 Å². The number of benzene rings is 1. The van der Waals surface area contributed by atoms with Crippen molar-refractivity contribution < 1.29 is 14.0 Å². The molecule has 0 unspecified atom stereocenters. The molecule has 172 valence electrons. The van der Waals surface area contributed by atoms with Gasteiger partial charge in [0.05, 0.1) is 0 Å². The maximum Gasteiger partial charge on any atom is 0.271 e. The molecule has 2 aliphatic heterocycles. The molecule has 1 aromatic heterocycles. The monoisotopic (exact) mass is 440 g/mol. The minimum atomic E-state index is -0.207. The van der Waals surface area contributed by atoms with E-state index >= 15 is 0 Å². The lowest BCUT2D eigenvalue weighted by molar-refractivity contribution is 0.0739. The molecule has 0 bridgehead atoms. The van der Waals surface area contributed by atoms with Crippen molar-refractivity contribution in [3.8, 4) is 0 Å². The van der Waals surface area contributed by atoms with Crippen LogP contribution >= 0.6 is 0 Å². The summed E-state index contributed by atoms with van der Waals surface area (Å²) in [4.78, 5) is 32.3. The van der Waals surface area contributed by atoms with Gasteiger partial charge in [-0.05, 0) is 49.7 Å². The Morgan fingerprint density at radius 1 is 0.875 bits per heavy atom. The van der Waals surface area contributed by atoms with E-state index in [0.717, 1.165) is 64.2 Å². The highest BCUT2D eigenvalue weighted by Gasteiger charge is 2.30. The zero-order chi connectivity index (χ0) is 22.5. The number of piperazine rings is 1. The van der Waals surface area contributed by atoms with Crippen LogP contribution in [0, 0.1) is 5.82 Å². The van der Waals surface area contributed by atoms with Crippen molar-refractivity contribution >= 4 is 17.4 Å². The molecule has 2 aliphatic rings. The molecule has 7 heteroatoms. The molecular formula is C25H33FN4O2. The summed E-state index contributed by atoms with van der Waals surface area (Å²) in [5, 5.41) is 0. The molecule has 6 nitrogen and oxygen atoms in total. The molecular weight excluding hydrogens is 407 g/mol. The molecule has 0 atom stereocenters. The first-order chi connectivity index (χ1) is 15.6. The number of aryl methyl sites for hydroxylation is 1. The smallest absolute Gasteiger partial charge is 0.271 e. The molecule has 1 saturated heterocycles. The third-order valence-electron chi connectivity index (χ3n) is 6.58. The summed E-state index contributed by atoms with van der Waals surface area (Å²) < 4.78 is 15.1. The van der Waals surface area contributed by atoms with Crippen molar-refractivity contribution in [2.45, 2.75) is 39.2 Å². The molecule has 4 rings (SSSR count). The SMILES string of the molecule is CCCCn1ccc2c1C(=O)N(CCCN1CCN(c3ccc(F)cc3)CC1)CCC2=O. The second-order valence-electron chi connectivity index (χ2n) is 8.75. The van der Waals surface area contributed by atoms with E-state index in [1.165, 1.54) is 12.1 Å². The molecule has 1 fully saturated rings. The molecule has 1 aromatic carbocycles. The van der Waals surface area contributed by atoms with Gasteiger partial charge in [-0.1, -0.05) is 13.3 Å². The summed E-state index contributed by atoms with van der Waals surface area (Å²) >= 11 is 0. The Labute approximate surface area is 189 Å². The summed E-state index contributed by atoms with van der Waals surface area (Å²) in [5.74, 6) is -0.141. The number of hydrogen-bond acceptors (Lipinski definition) is 4. The van der Waals surface area contributed by atoms with Crippen LogP contribution in [0.25, 0.3) is 0 Å². The van der Waals surface area contributed by atoms with Crippen LogP contribution in [0.15, 0.2) is 36.5 Å². The van der Waals surface area contributed by atoms with Crippen LogP contribution in [-0.4, -0.2) is 71.9 Å². The van der Waals surface area contributed by atoms with Crippen molar-refractivity contribution in [3.05, 3.63) is 53.6 Å². The van der Waals surface area contributed by atoms with E-state index in [9.17, 15) is 14.0 Å². The van der Waals surface area contributed by atoms with Crippen molar-refractivity contribution in [2.24, 2.45) is 0 Å². The van der Waals surface area contributed by atoms with Gasteiger partial charge in [0.25, 0.3) is 5.91 Å². The molecule has 0 N–H and O–H groups in total. The van der Waals surface area contributed by atoms with E-state index in [1.54, 1.807) is 0 Å². The average Bonchev–Trinajstić information content (AvgIpc) is 3.19. The predicted octanol–water partition coefficient (Wildman–Crippen LogP) is 3.67. The number of aromatic nitrogens is 1. The van der Waals surface area contributed by atoms with E-state index < -0.39 is 0 Å². The number of hydrogen-bond donors (Lipinski definition) is 0. The van der Waals surface area contributed by atoms with Crippen LogP contribution in [-0.2, 0) is 6.54 Å². The molecule has 3 heterocycles. The Balaban J connectivity index is 1.29. The lowest BCUT2D eigenvalue weighted by Gasteiger charge is -2.36. The number of rotatable bonds is 8. The Bertz CT molecular complexity index is 932. The molecule has 0 saturated carbocycles. The van der Waals surface area contributed by atoms with Gasteiger partial charge in [-0.15, -0.1) is 0 Å². The van der Waals surface area contributed by atoms with Gasteiger partial charge < -0.3 is 14.4 Å². The van der Waals surface area contributed by atoms with Gasteiger partial charge in [-0.2, -0.15) is 0 Å². The fourth-order valence-electron chi connectivity index (χ4n) is 4.65. The van der Waals surface area contributed by atoms with Crippen LogP contribution in [0.4, 0.5) is 10.1 Å². The quantitative estimate of drug-likeness (QED) is 0.629. The van der Waals surface area contributed by atoms with E-state index in [1.807, 2.05) is 33.9 Å². The molecule has 0 aliphatic carbocycles. The molecule has 0 spiro atoms. The van der Waals surface area contributed by atoms with E-state index in [0.29, 0.717) is 30.8 Å². The van der Waals surface area contributed by atoms with Gasteiger partial charge in [-0.25, -0.2) is 4.39 Å². The largest absolute Gasteiger partial charge is 0.369 e. The predicted molar refractivity (Wildman–Crippen MR) is 124 cm³/mol. The number of halogens is 1. The first-order valence-corrected chi connectivity index (χ1v) is 11.8. The zero-order valence-corrected chi connectivity index (χ0v) is 18.9. The van der Waals surface area contributed by atoms with Gasteiger partial charge in [0.15, 0.2) is 5.78 Å². The number of fused-ring (bicyclic) bond motifs is 1. The molecule has 32 heavy (non-hydrogen) atoms. The summed E-state index contributed by atoms with van der Waals surface area (Å²) in [6.07, 6.45) is 5.22. The van der Waals surface area contributed by atoms with Crippen LogP contribution in [0.1, 0.15) is 53.5 Å². The number of unbranched alkanes of at least 4 members (excludes halogenated alkanes) is 1. The molecule has 2 aromatic rings. The number of amides is 1. The third kappa shape index (κ3) is 5.04. The van der Waals surface area contributed by atoms with Crippen LogP contribution in [0.2, 0.25) is 0 Å². The van der Waals surface area contributed by atoms with E-state index in [2.05, 4.69) is 16.7 Å². The normalized spacial score (nSPS) is 17.6. The fraction of sp³-hybridized carbons (Fsp3) is 0.520. The van der Waals surface area contributed by atoms with Crippen molar-refractivity contribution in [3.63, 3.8) is 0 Å². The van der Waals surface area contributed by atoms with E-state index in [4.69, 9.17) is 0 Å². The minimum absolute atomic E-state index is 0.00641. The van der Waals surface area contributed by atoms with Crippen LogP contribution in [0.5, 0.6) is 0 Å². The minimum Gasteiger partial charge on any atom is -0.369 e. The van der Waals surface area contributed by atoms with Gasteiger partial charge >= 0.3 is 0 Å². The van der Waals surface area contributed by atoms with Gasteiger partial charge in [-0.3, -0.25) is 14.5 Å². The molecule has 0 radical (unpaired) electrons. The number of carbonyl (C=O) groups is 2. The van der Waals surface area contributed by atoms with Gasteiger partial charge in [0.2, 0.25) is 0 Å². The Morgan fingerprint density at radius 3 is 2.34 bits per heavy atom. The Morgan fingerprint density at radius 2 is 1.62 bits per heavy atom. The maximum absolute atomic E-state index is 13.2. The topological polar surface area (TPSA) is 48.8 Å². The number of nitrogens with zero attached hydrogens (tertiary/aromatic N) is 4. The van der Waals surface area contributed by atoms with Crippen molar-refractivity contribution in [1.29, 1.82) is 0 Å². The van der Waals surface area contributed by atoms with Crippen molar-refractivity contribution in [2.75, 3.05) is 50.7 Å². The summed E-state index contributed by atoms with van der Waals surface area (Å²) in [6.45, 7) is 8.73. The van der Waals surface area contributed by atoms with E-state index in [-0.39, 0.29) is 17.5 Å².